The third kappa shape index (κ3) is 5.53. The summed E-state index contributed by atoms with van der Waals surface area (Å²) in [6.07, 6.45) is 3.72. The van der Waals surface area contributed by atoms with Gasteiger partial charge < -0.3 is 15.0 Å². The lowest BCUT2D eigenvalue weighted by molar-refractivity contribution is -0.135. The van der Waals surface area contributed by atoms with Gasteiger partial charge in [0.2, 0.25) is 0 Å². The van der Waals surface area contributed by atoms with Crippen LogP contribution in [0.3, 0.4) is 0 Å². The zero-order valence-electron chi connectivity index (χ0n) is 21.5. The average molecular weight is 545 g/mol. The summed E-state index contributed by atoms with van der Waals surface area (Å²) in [4.78, 5) is 32.0. The monoisotopic (exact) mass is 543 g/mol. The number of likely N-dealkylation sites (tertiary alicyclic amines) is 1. The van der Waals surface area contributed by atoms with Gasteiger partial charge in [0.05, 0.1) is 10.0 Å². The molecule has 0 bridgehead atoms. The van der Waals surface area contributed by atoms with Crippen LogP contribution in [-0.2, 0) is 4.79 Å². The smallest absolute Gasteiger partial charge is 0.410 e. The van der Waals surface area contributed by atoms with Gasteiger partial charge in [-0.15, -0.1) is 0 Å². The number of likely N-dealkylation sites (N-methyl/N-ethyl adjacent to an activating group) is 1. The van der Waals surface area contributed by atoms with Crippen molar-refractivity contribution in [2.45, 2.75) is 44.1 Å². The molecule has 1 saturated carbocycles. The predicted molar refractivity (Wildman–Crippen MR) is 147 cm³/mol. The van der Waals surface area contributed by atoms with Gasteiger partial charge in [0.15, 0.2) is 5.78 Å². The molecule has 6 nitrogen and oxygen atoms in total. The van der Waals surface area contributed by atoms with Gasteiger partial charge >= 0.3 is 6.09 Å². The van der Waals surface area contributed by atoms with Gasteiger partial charge in [0.1, 0.15) is 11.3 Å². The van der Waals surface area contributed by atoms with E-state index in [1.54, 1.807) is 25.2 Å². The quantitative estimate of drug-likeness (QED) is 0.496. The molecule has 1 aliphatic carbocycles. The molecule has 2 heterocycles. The Bertz CT molecular complexity index is 1150. The third-order valence-corrected chi connectivity index (χ3v) is 9.10. The van der Waals surface area contributed by atoms with Crippen LogP contribution in [0.2, 0.25) is 10.0 Å². The second-order valence-corrected chi connectivity index (χ2v) is 11.7. The summed E-state index contributed by atoms with van der Waals surface area (Å²) in [5, 5.41) is 4.31. The number of rotatable bonds is 7. The van der Waals surface area contributed by atoms with E-state index in [4.69, 9.17) is 27.9 Å². The van der Waals surface area contributed by atoms with Crippen molar-refractivity contribution in [1.29, 1.82) is 0 Å². The summed E-state index contributed by atoms with van der Waals surface area (Å²) < 4.78 is 5.75. The highest BCUT2D eigenvalue weighted by Gasteiger charge is 2.56. The van der Waals surface area contributed by atoms with Crippen molar-refractivity contribution in [1.82, 2.24) is 15.1 Å². The molecule has 2 atom stereocenters. The summed E-state index contributed by atoms with van der Waals surface area (Å²) in [5.41, 5.74) is 0.865. The molecule has 1 amide bonds. The van der Waals surface area contributed by atoms with Crippen LogP contribution in [0.5, 0.6) is 5.75 Å². The fraction of sp³-hybridized carbons (Fsp3) is 0.517. The standard InChI is InChI=1S/C29H35Cl2N3O3/c1-19-3-8-23(9-4-19)37-28(36)33(2)29(18-32-16-24(29)22-7-10-25(30)26(31)15-22)27(35)21-11-13-34(14-12-21)17-20-5-6-20/h3-4,7-10,15,20-21,24,32H,5-6,11-14,16-18H2,1-2H3/t24-,29+/m1/s1. The van der Waals surface area contributed by atoms with Crippen LogP contribution < -0.4 is 10.1 Å². The second-order valence-electron chi connectivity index (χ2n) is 10.9. The van der Waals surface area contributed by atoms with E-state index in [0.29, 0.717) is 28.9 Å². The van der Waals surface area contributed by atoms with Crippen molar-refractivity contribution in [3.63, 3.8) is 0 Å². The minimum absolute atomic E-state index is 0.100. The molecule has 2 saturated heterocycles. The van der Waals surface area contributed by atoms with E-state index < -0.39 is 11.6 Å². The first-order valence-electron chi connectivity index (χ1n) is 13.2. The Labute approximate surface area is 229 Å². The molecular formula is C29H35Cl2N3O3. The number of ether oxygens (including phenoxy) is 1. The molecule has 1 N–H and O–H groups in total. The molecule has 198 valence electrons. The van der Waals surface area contributed by atoms with Gasteiger partial charge in [-0.25, -0.2) is 4.79 Å². The minimum atomic E-state index is -1.09. The zero-order valence-corrected chi connectivity index (χ0v) is 23.0. The first kappa shape index (κ1) is 26.5. The summed E-state index contributed by atoms with van der Waals surface area (Å²) in [6.45, 7) is 5.87. The number of hydrogen-bond donors (Lipinski definition) is 1. The van der Waals surface area contributed by atoms with Crippen molar-refractivity contribution in [3.05, 3.63) is 63.6 Å². The second kappa shape index (κ2) is 10.9. The number of halogens is 2. The number of carbonyl (C=O) groups is 2. The van der Waals surface area contributed by atoms with E-state index >= 15 is 0 Å². The van der Waals surface area contributed by atoms with Crippen LogP contribution in [0.1, 0.15) is 42.7 Å². The Morgan fingerprint density at radius 1 is 1.05 bits per heavy atom. The van der Waals surface area contributed by atoms with E-state index in [2.05, 4.69) is 10.2 Å². The summed E-state index contributed by atoms with van der Waals surface area (Å²) in [5.74, 6) is 0.989. The molecule has 0 spiro atoms. The largest absolute Gasteiger partial charge is 0.415 e. The van der Waals surface area contributed by atoms with Gasteiger partial charge in [-0.2, -0.15) is 0 Å². The van der Waals surface area contributed by atoms with Gasteiger partial charge in [-0.3, -0.25) is 9.69 Å². The number of aryl methyl sites for hydroxylation is 1. The topological polar surface area (TPSA) is 61.9 Å². The average Bonchev–Trinajstić information content (AvgIpc) is 3.60. The lowest BCUT2D eigenvalue weighted by Gasteiger charge is -2.44. The maximum Gasteiger partial charge on any atom is 0.415 e. The van der Waals surface area contributed by atoms with Crippen molar-refractivity contribution in [3.8, 4) is 5.75 Å². The van der Waals surface area contributed by atoms with Gasteiger partial charge in [0.25, 0.3) is 0 Å². The minimum Gasteiger partial charge on any atom is -0.410 e. The number of Topliss-reactive ketones (excluding diaryl/α,β-unsaturated/α-hetero) is 1. The van der Waals surface area contributed by atoms with Crippen molar-refractivity contribution in [2.24, 2.45) is 11.8 Å². The molecule has 8 heteroatoms. The first-order chi connectivity index (χ1) is 17.8. The summed E-state index contributed by atoms with van der Waals surface area (Å²) >= 11 is 12.6. The number of nitrogens with one attached hydrogen (secondary N) is 1. The third-order valence-electron chi connectivity index (χ3n) is 8.36. The Morgan fingerprint density at radius 3 is 2.41 bits per heavy atom. The fourth-order valence-corrected chi connectivity index (χ4v) is 6.24. The molecule has 37 heavy (non-hydrogen) atoms. The Morgan fingerprint density at radius 2 is 1.76 bits per heavy atom. The maximum atomic E-state index is 14.5. The van der Waals surface area contributed by atoms with Crippen LogP contribution in [0, 0.1) is 18.8 Å². The lowest BCUT2D eigenvalue weighted by Crippen LogP contribution is -2.62. The molecule has 0 radical (unpaired) electrons. The SMILES string of the molecule is Cc1ccc(OC(=O)N(C)[C@@]2(C(=O)C3CCN(CC4CC4)CC3)CNC[C@@H]2c2ccc(Cl)c(Cl)c2)cc1. The van der Waals surface area contributed by atoms with Crippen LogP contribution in [0.15, 0.2) is 42.5 Å². The Hall–Kier alpha value is -2.12. The van der Waals surface area contributed by atoms with E-state index in [-0.39, 0.29) is 17.6 Å². The maximum absolute atomic E-state index is 14.5. The number of nitrogens with zero attached hydrogens (tertiary/aromatic N) is 2. The first-order valence-corrected chi connectivity index (χ1v) is 14.0. The normalized spacial score (nSPS) is 24.7. The molecule has 0 unspecified atom stereocenters. The Balaban J connectivity index is 1.43. The molecule has 3 aliphatic rings. The highest BCUT2D eigenvalue weighted by atomic mass is 35.5. The van der Waals surface area contributed by atoms with E-state index in [1.807, 2.05) is 31.2 Å². The number of hydrogen-bond acceptors (Lipinski definition) is 5. The molecule has 2 aliphatic heterocycles. The van der Waals surface area contributed by atoms with E-state index in [0.717, 1.165) is 49.5 Å². The van der Waals surface area contributed by atoms with Crippen LogP contribution >= 0.6 is 23.2 Å². The predicted octanol–water partition coefficient (Wildman–Crippen LogP) is 5.55. The molecule has 5 rings (SSSR count). The summed E-state index contributed by atoms with van der Waals surface area (Å²) in [6, 6.07) is 12.8. The fourth-order valence-electron chi connectivity index (χ4n) is 5.93. The zero-order chi connectivity index (χ0) is 26.2. The van der Waals surface area contributed by atoms with E-state index in [1.165, 1.54) is 17.7 Å². The van der Waals surface area contributed by atoms with Gasteiger partial charge in [-0.1, -0.05) is 47.0 Å². The number of piperidine rings is 1. The molecule has 3 fully saturated rings. The number of ketones is 1. The van der Waals surface area contributed by atoms with Crippen LogP contribution in [-0.4, -0.2) is 67.0 Å². The summed E-state index contributed by atoms with van der Waals surface area (Å²) in [7, 11) is 1.69. The Kier molecular flexibility index (Phi) is 7.83. The van der Waals surface area contributed by atoms with Crippen molar-refractivity contribution >= 4 is 35.1 Å². The van der Waals surface area contributed by atoms with Crippen LogP contribution in [0.25, 0.3) is 0 Å². The van der Waals surface area contributed by atoms with E-state index in [9.17, 15) is 9.59 Å². The van der Waals surface area contributed by atoms with Crippen molar-refractivity contribution in [2.75, 3.05) is 39.8 Å². The number of carbonyl (C=O) groups excluding carboxylic acids is 2. The van der Waals surface area contributed by atoms with Gasteiger partial charge in [0, 0.05) is 38.5 Å². The lowest BCUT2D eigenvalue weighted by atomic mass is 9.72. The molecule has 0 aromatic heterocycles. The number of amides is 1. The molecule has 2 aromatic carbocycles. The molecule has 2 aromatic rings. The molecular weight excluding hydrogens is 509 g/mol. The van der Waals surface area contributed by atoms with Crippen molar-refractivity contribution < 1.29 is 14.3 Å². The van der Waals surface area contributed by atoms with Crippen LogP contribution in [0.4, 0.5) is 4.79 Å². The highest BCUT2D eigenvalue weighted by molar-refractivity contribution is 6.42. The highest BCUT2D eigenvalue weighted by Crippen LogP contribution is 2.42. The number of benzene rings is 2. The van der Waals surface area contributed by atoms with Gasteiger partial charge in [-0.05, 0) is 81.4 Å².